The minimum Gasteiger partial charge on any atom is -0.496 e. The van der Waals surface area contributed by atoms with Crippen molar-refractivity contribution < 1.29 is 24.2 Å². The Hall–Kier alpha value is -2.48. The highest BCUT2D eigenvalue weighted by atomic mass is 16.5. The Morgan fingerprint density at radius 3 is 2.54 bits per heavy atom. The molecule has 1 heterocycles. The number of Topliss-reactive ketones (excluding diaryl/α,β-unsaturated/α-hetero) is 1. The molecule has 0 spiro atoms. The highest BCUT2D eigenvalue weighted by molar-refractivity contribution is 5.98. The van der Waals surface area contributed by atoms with Crippen molar-refractivity contribution in [2.24, 2.45) is 0 Å². The summed E-state index contributed by atoms with van der Waals surface area (Å²) in [6.07, 6.45) is 9.94. The maximum atomic E-state index is 12.8. The lowest BCUT2D eigenvalue weighted by molar-refractivity contribution is -0.123. The van der Waals surface area contributed by atoms with E-state index in [0.29, 0.717) is 38.6 Å². The fraction of sp³-hybridized carbons (Fsp3) is 0.571. The minimum absolute atomic E-state index is 0.0425. The van der Waals surface area contributed by atoms with Crippen LogP contribution in [0.3, 0.4) is 0 Å². The van der Waals surface area contributed by atoms with Gasteiger partial charge in [0.25, 0.3) is 0 Å². The fourth-order valence-corrected chi connectivity index (χ4v) is 4.76. The van der Waals surface area contributed by atoms with Gasteiger partial charge in [0.1, 0.15) is 11.9 Å². The number of carbonyl (C=O) groups is 2. The van der Waals surface area contributed by atoms with Gasteiger partial charge in [-0.3, -0.25) is 9.59 Å². The molecule has 0 radical (unpaired) electrons. The lowest BCUT2D eigenvalue weighted by Gasteiger charge is -2.29. The topological polar surface area (TPSA) is 88.1 Å². The molecule has 2 N–H and O–H groups in total. The first-order valence-corrected chi connectivity index (χ1v) is 12.7. The van der Waals surface area contributed by atoms with Gasteiger partial charge in [0.2, 0.25) is 5.91 Å². The number of aryl methyl sites for hydroxylation is 1. The highest BCUT2D eigenvalue weighted by Gasteiger charge is 2.27. The molecule has 3 rings (SSSR count). The van der Waals surface area contributed by atoms with Gasteiger partial charge in [-0.15, -0.1) is 0 Å². The third-order valence-electron chi connectivity index (χ3n) is 6.88. The molecule has 0 bridgehead atoms. The summed E-state index contributed by atoms with van der Waals surface area (Å²) in [5.74, 6) is 0.785. The molecule has 0 aromatic heterocycles. The number of hydrogen-bond acceptors (Lipinski definition) is 6. The predicted molar refractivity (Wildman–Crippen MR) is 136 cm³/mol. The van der Waals surface area contributed by atoms with Crippen LogP contribution in [0, 0.1) is 6.92 Å². The molecule has 192 valence electrons. The first kappa shape index (κ1) is 27.1. The maximum Gasteiger partial charge on any atom is 0.220 e. The summed E-state index contributed by atoms with van der Waals surface area (Å²) < 4.78 is 10.6. The van der Waals surface area contributed by atoms with Gasteiger partial charge in [-0.1, -0.05) is 24.3 Å². The van der Waals surface area contributed by atoms with Crippen LogP contribution in [0.5, 0.6) is 5.75 Å². The SMILES string of the molecule is COc1ccc([C@@H](O)[C@@H](CN2CCCC2)NC(=O)CCCCC(=O)C2=CCC(OC)C=C2)cc1C. The molecule has 1 saturated heterocycles. The van der Waals surface area contributed by atoms with E-state index in [4.69, 9.17) is 9.47 Å². The van der Waals surface area contributed by atoms with Crippen molar-refractivity contribution in [1.29, 1.82) is 0 Å². The molecule has 0 saturated carbocycles. The first-order chi connectivity index (χ1) is 16.9. The average Bonchev–Trinajstić information content (AvgIpc) is 3.39. The molecule has 7 nitrogen and oxygen atoms in total. The molecule has 1 unspecified atom stereocenters. The summed E-state index contributed by atoms with van der Waals surface area (Å²) in [7, 11) is 3.29. The molecule has 1 aliphatic heterocycles. The van der Waals surface area contributed by atoms with Crippen molar-refractivity contribution in [3.05, 3.63) is 53.1 Å². The normalized spacial score (nSPS) is 19.8. The van der Waals surface area contributed by atoms with Crippen molar-refractivity contribution in [3.63, 3.8) is 0 Å². The van der Waals surface area contributed by atoms with Crippen molar-refractivity contribution in [1.82, 2.24) is 10.2 Å². The Labute approximate surface area is 209 Å². The number of hydrogen-bond donors (Lipinski definition) is 2. The predicted octanol–water partition coefficient (Wildman–Crippen LogP) is 3.65. The van der Waals surface area contributed by atoms with Gasteiger partial charge in [0, 0.05) is 32.1 Å². The molecular formula is C28H40N2O5. The fourth-order valence-electron chi connectivity index (χ4n) is 4.76. The van der Waals surface area contributed by atoms with E-state index in [1.165, 1.54) is 0 Å². The van der Waals surface area contributed by atoms with Crippen LogP contribution in [0.2, 0.25) is 0 Å². The zero-order chi connectivity index (χ0) is 25.2. The van der Waals surface area contributed by atoms with Crippen LogP contribution in [-0.2, 0) is 14.3 Å². The summed E-state index contributed by atoms with van der Waals surface area (Å²) in [6, 6.07) is 5.23. The second-order valence-corrected chi connectivity index (χ2v) is 9.51. The van der Waals surface area contributed by atoms with Crippen LogP contribution in [0.25, 0.3) is 0 Å². The van der Waals surface area contributed by atoms with E-state index in [0.717, 1.165) is 48.4 Å². The molecular weight excluding hydrogens is 444 g/mol. The van der Waals surface area contributed by atoms with E-state index in [2.05, 4.69) is 10.2 Å². The van der Waals surface area contributed by atoms with Crippen LogP contribution in [-0.4, -0.2) is 67.7 Å². The van der Waals surface area contributed by atoms with Crippen LogP contribution in [0.4, 0.5) is 0 Å². The molecule has 1 amide bonds. The van der Waals surface area contributed by atoms with Gasteiger partial charge >= 0.3 is 0 Å². The molecule has 2 aliphatic rings. The molecule has 7 heteroatoms. The smallest absolute Gasteiger partial charge is 0.220 e. The number of nitrogens with one attached hydrogen (secondary N) is 1. The minimum atomic E-state index is -0.813. The number of ketones is 1. The Balaban J connectivity index is 1.51. The maximum absolute atomic E-state index is 12.8. The Morgan fingerprint density at radius 1 is 1.17 bits per heavy atom. The van der Waals surface area contributed by atoms with E-state index < -0.39 is 12.1 Å². The number of nitrogens with zero attached hydrogens (tertiary/aromatic N) is 1. The summed E-state index contributed by atoms with van der Waals surface area (Å²) in [4.78, 5) is 27.5. The van der Waals surface area contributed by atoms with E-state index in [1.54, 1.807) is 14.2 Å². The van der Waals surface area contributed by atoms with E-state index in [9.17, 15) is 14.7 Å². The van der Waals surface area contributed by atoms with Gasteiger partial charge in [0.05, 0.1) is 19.3 Å². The molecule has 1 aliphatic carbocycles. The Bertz CT molecular complexity index is 920. The van der Waals surface area contributed by atoms with Crippen LogP contribution in [0.1, 0.15) is 62.2 Å². The number of aliphatic hydroxyl groups is 1. The molecule has 1 fully saturated rings. The Kier molecular flexibility index (Phi) is 10.5. The number of unbranched alkanes of at least 4 members (excludes halogenated alkanes) is 1. The standard InChI is InChI=1S/C28H40N2O5/c1-20-18-22(12-15-26(20)35-3)28(33)24(19-30-16-6-7-17-30)29-27(32)9-5-4-8-25(31)21-10-13-23(34-2)14-11-21/h10-13,15,18,23-24,28,33H,4-9,14,16-17,19H2,1-3H3,(H,29,32)/t23?,24-,28-/m1/s1. The molecule has 1 aromatic carbocycles. The summed E-state index contributed by atoms with van der Waals surface area (Å²) in [5.41, 5.74) is 2.44. The number of carbonyl (C=O) groups excluding carboxylic acids is 2. The number of ether oxygens (including phenoxy) is 2. The number of benzene rings is 1. The zero-order valence-corrected chi connectivity index (χ0v) is 21.3. The second kappa shape index (κ2) is 13.6. The van der Waals surface area contributed by atoms with Crippen LogP contribution in [0.15, 0.2) is 42.0 Å². The van der Waals surface area contributed by atoms with E-state index in [-0.39, 0.29) is 17.8 Å². The van der Waals surface area contributed by atoms with E-state index >= 15 is 0 Å². The summed E-state index contributed by atoms with van der Waals surface area (Å²) in [5, 5.41) is 14.2. The van der Waals surface area contributed by atoms with Crippen molar-refractivity contribution in [2.75, 3.05) is 33.9 Å². The van der Waals surface area contributed by atoms with Gasteiger partial charge < -0.3 is 24.8 Å². The number of allylic oxidation sites excluding steroid dienone is 2. The number of likely N-dealkylation sites (tertiary alicyclic amines) is 1. The molecule has 3 atom stereocenters. The monoisotopic (exact) mass is 484 g/mol. The third kappa shape index (κ3) is 8.02. The number of aliphatic hydroxyl groups excluding tert-OH is 1. The second-order valence-electron chi connectivity index (χ2n) is 9.51. The molecule has 35 heavy (non-hydrogen) atoms. The van der Waals surface area contributed by atoms with Crippen molar-refractivity contribution >= 4 is 11.7 Å². The van der Waals surface area contributed by atoms with Crippen LogP contribution < -0.4 is 10.1 Å². The zero-order valence-electron chi connectivity index (χ0n) is 21.3. The largest absolute Gasteiger partial charge is 0.496 e. The lowest BCUT2D eigenvalue weighted by atomic mass is 9.98. The quantitative estimate of drug-likeness (QED) is 0.416. The van der Waals surface area contributed by atoms with Gasteiger partial charge in [-0.05, 0) is 75.4 Å². The summed E-state index contributed by atoms with van der Waals surface area (Å²) in [6.45, 7) is 4.52. The van der Waals surface area contributed by atoms with E-state index in [1.807, 2.05) is 43.4 Å². The van der Waals surface area contributed by atoms with Crippen molar-refractivity contribution in [3.8, 4) is 5.75 Å². The highest BCUT2D eigenvalue weighted by Crippen LogP contribution is 2.25. The van der Waals surface area contributed by atoms with Gasteiger partial charge in [-0.2, -0.15) is 0 Å². The number of rotatable bonds is 13. The average molecular weight is 485 g/mol. The van der Waals surface area contributed by atoms with Gasteiger partial charge in [0.15, 0.2) is 5.78 Å². The van der Waals surface area contributed by atoms with Gasteiger partial charge in [-0.25, -0.2) is 0 Å². The molecule has 1 aromatic rings. The number of methoxy groups -OCH3 is 2. The number of amides is 1. The first-order valence-electron chi connectivity index (χ1n) is 12.7. The van der Waals surface area contributed by atoms with Crippen LogP contribution >= 0.6 is 0 Å². The third-order valence-corrected chi connectivity index (χ3v) is 6.88. The lowest BCUT2D eigenvalue weighted by Crippen LogP contribution is -2.46. The van der Waals surface area contributed by atoms with Crippen molar-refractivity contribution in [2.45, 2.75) is 70.1 Å². The summed E-state index contributed by atoms with van der Waals surface area (Å²) >= 11 is 0. The Morgan fingerprint density at radius 2 is 1.91 bits per heavy atom.